The maximum atomic E-state index is 12.9. The van der Waals surface area contributed by atoms with Crippen molar-refractivity contribution in [2.45, 2.75) is 412 Å². The van der Waals surface area contributed by atoms with Gasteiger partial charge in [-0.05, 0) is 25.7 Å². The zero-order chi connectivity index (χ0) is 72.7. The van der Waals surface area contributed by atoms with Gasteiger partial charge < -0.3 is 39.4 Å². The Kier molecular flexibility index (Phi) is 81.0. The van der Waals surface area contributed by atoms with Crippen LogP contribution in [0.5, 0.6) is 0 Å². The van der Waals surface area contributed by atoms with Crippen LogP contribution in [0.1, 0.15) is 400 Å². The van der Waals surface area contributed by atoms with Crippen LogP contribution in [0.25, 0.3) is 0 Å². The molecule has 0 aliphatic rings. The molecule has 0 aliphatic carbocycles. The Hall–Kier alpha value is -0.300. The summed E-state index contributed by atoms with van der Waals surface area (Å²) in [5, 5.41) is 5.45. The van der Waals surface area contributed by atoms with Crippen LogP contribution in [0, 0.1) is 0 Å². The predicted molar refractivity (Wildman–Crippen MR) is 426 cm³/mol. The minimum absolute atomic E-state index is 0.0384. The zero-order valence-electron chi connectivity index (χ0n) is 65.6. The molecule has 598 valence electrons. The van der Waals surface area contributed by atoms with Gasteiger partial charge in [-0.2, -0.15) is 0 Å². The summed E-state index contributed by atoms with van der Waals surface area (Å²) in [6.45, 7) is 11.3. The van der Waals surface area contributed by atoms with Crippen molar-refractivity contribution < 1.29 is 65.5 Å². The van der Waals surface area contributed by atoms with Crippen molar-refractivity contribution in [1.82, 2.24) is 10.6 Å². The molecule has 16 nitrogen and oxygen atoms in total. The number of hydrogen-bond acceptors (Lipinski definition) is 14. The van der Waals surface area contributed by atoms with E-state index in [0.717, 1.165) is 51.4 Å². The Bertz CT molecular complexity index is 1650. The number of phosphoric acid groups is 2. The molecule has 4 unspecified atom stereocenters. The molecule has 0 heterocycles. The molecule has 2 amide bonds. The lowest BCUT2D eigenvalue weighted by Crippen LogP contribution is -2.28. The molecule has 0 aromatic rings. The van der Waals surface area contributed by atoms with E-state index in [2.05, 4.69) is 38.3 Å². The first-order chi connectivity index (χ1) is 49.0. The third-order valence-corrected chi connectivity index (χ3v) is 23.1. The highest BCUT2D eigenvalue weighted by Gasteiger charge is 2.26. The lowest BCUT2D eigenvalue weighted by molar-refractivity contribution is -0.121. The first-order valence-corrected chi connectivity index (χ1v) is 47.9. The average molecular weight is 1500 g/mol. The van der Waals surface area contributed by atoms with Gasteiger partial charge in [-0.3, -0.25) is 27.7 Å². The van der Waals surface area contributed by atoms with Crippen molar-refractivity contribution in [2.75, 3.05) is 90.7 Å². The molecule has 4 N–H and O–H groups in total. The van der Waals surface area contributed by atoms with E-state index in [9.17, 15) is 28.5 Å². The van der Waals surface area contributed by atoms with Crippen LogP contribution < -0.4 is 10.6 Å². The Morgan fingerprint density at radius 3 is 0.730 bits per heavy atom. The fourth-order valence-electron chi connectivity index (χ4n) is 12.3. The highest BCUT2D eigenvalue weighted by atomic mass is 33.1. The van der Waals surface area contributed by atoms with E-state index in [-0.39, 0.29) is 77.4 Å². The second-order valence-electron chi connectivity index (χ2n) is 28.6. The number of rotatable bonds is 87. The van der Waals surface area contributed by atoms with E-state index in [1.807, 2.05) is 0 Å². The number of hydrogen-bond donors (Lipinski definition) is 4. The van der Waals surface area contributed by atoms with Gasteiger partial charge in [0.05, 0.1) is 39.6 Å². The van der Waals surface area contributed by atoms with Crippen LogP contribution in [0.3, 0.4) is 0 Å². The van der Waals surface area contributed by atoms with Gasteiger partial charge in [0, 0.05) is 63.9 Å². The van der Waals surface area contributed by atoms with Crippen molar-refractivity contribution in [2.24, 2.45) is 0 Å². The van der Waals surface area contributed by atoms with Gasteiger partial charge in [-0.1, -0.05) is 383 Å². The number of phosphoric ester groups is 2. The van der Waals surface area contributed by atoms with Crippen LogP contribution in [0.15, 0.2) is 0 Å². The molecule has 0 aromatic carbocycles. The summed E-state index contributed by atoms with van der Waals surface area (Å²) < 4.78 is 71.3. The molecule has 0 aromatic heterocycles. The molecular formula is C80H162N2O14P2S2. The van der Waals surface area contributed by atoms with Crippen LogP contribution in [-0.4, -0.2) is 124 Å². The van der Waals surface area contributed by atoms with Crippen LogP contribution in [0.4, 0.5) is 0 Å². The number of carbonyl (C=O) groups is 2. The van der Waals surface area contributed by atoms with Gasteiger partial charge in [-0.25, -0.2) is 9.13 Å². The van der Waals surface area contributed by atoms with Crippen molar-refractivity contribution in [3.63, 3.8) is 0 Å². The molecule has 0 bridgehead atoms. The summed E-state index contributed by atoms with van der Waals surface area (Å²) in [7, 11) is -5.91. The third kappa shape index (κ3) is 80.2. The van der Waals surface area contributed by atoms with E-state index in [4.69, 9.17) is 37.0 Å². The van der Waals surface area contributed by atoms with Crippen LogP contribution >= 0.6 is 37.2 Å². The number of unbranched alkanes of at least 4 members (excludes halogenated alkanes) is 52. The molecule has 0 aliphatic heterocycles. The monoisotopic (exact) mass is 1500 g/mol. The molecule has 4 atom stereocenters. The second kappa shape index (κ2) is 81.2. The van der Waals surface area contributed by atoms with Gasteiger partial charge in [-0.15, -0.1) is 0 Å². The summed E-state index contributed by atoms with van der Waals surface area (Å²) in [6, 6.07) is 0. The summed E-state index contributed by atoms with van der Waals surface area (Å²) in [5.41, 5.74) is 0. The Balaban J connectivity index is 4.58. The lowest BCUT2D eigenvalue weighted by atomic mass is 10.0. The maximum Gasteiger partial charge on any atom is 0.472 e. The summed E-state index contributed by atoms with van der Waals surface area (Å²) in [4.78, 5) is 46.1. The summed E-state index contributed by atoms with van der Waals surface area (Å²) in [5.74, 6) is 0.542. The lowest BCUT2D eigenvalue weighted by Gasteiger charge is -2.20. The largest absolute Gasteiger partial charge is 0.472 e. The molecule has 0 saturated heterocycles. The van der Waals surface area contributed by atoms with Crippen molar-refractivity contribution in [3.05, 3.63) is 0 Å². The maximum absolute atomic E-state index is 12.9. The fourth-order valence-corrected chi connectivity index (χ4v) is 15.8. The van der Waals surface area contributed by atoms with Crippen molar-refractivity contribution >= 4 is 49.0 Å². The van der Waals surface area contributed by atoms with Gasteiger partial charge in [0.25, 0.3) is 0 Å². The molecular weight excluding hydrogens is 1340 g/mol. The molecule has 0 radical (unpaired) electrons. The summed E-state index contributed by atoms with van der Waals surface area (Å²) in [6.07, 6.45) is 71.4. The van der Waals surface area contributed by atoms with E-state index in [0.29, 0.717) is 37.9 Å². The van der Waals surface area contributed by atoms with Crippen LogP contribution in [0.2, 0.25) is 0 Å². The fraction of sp³-hybridized carbons (Fsp3) is 0.975. The van der Waals surface area contributed by atoms with Crippen LogP contribution in [-0.2, 0) is 55.8 Å². The highest BCUT2D eigenvalue weighted by molar-refractivity contribution is 8.76. The van der Waals surface area contributed by atoms with E-state index in [1.165, 1.54) is 330 Å². The normalized spacial score (nSPS) is 13.6. The topological polar surface area (TPSA) is 207 Å². The molecule has 0 fully saturated rings. The Morgan fingerprint density at radius 1 is 0.290 bits per heavy atom. The van der Waals surface area contributed by atoms with E-state index < -0.39 is 27.9 Å². The standard InChI is InChI=1S/C80H162N2O14P2S2/c1-5-9-13-17-21-25-29-33-37-41-45-49-53-57-65-89-73-77(91-67-59-55-51-47-43-39-35-31-27-23-19-15-11-7-3)75-95-97(85,86)93-69-63-81-79(83)61-71-99-100-72-62-80(84)82-64-70-94-98(87,88)96-76-78(92-68-60-56-52-48-44-40-36-32-28-24-20-16-12-8-4)74-90-66-58-54-50-46-42-38-34-30-26-22-18-14-10-6-2/h77-78H,5-76H2,1-4H3,(H,81,83)(H,82,84)(H,85,86)(H,87,88). The molecule has 20 heteroatoms. The van der Waals surface area contributed by atoms with Crippen molar-refractivity contribution in [1.29, 1.82) is 0 Å². The molecule has 0 saturated carbocycles. The van der Waals surface area contributed by atoms with Gasteiger partial charge in [0.2, 0.25) is 11.8 Å². The number of nitrogens with one attached hydrogen (secondary N) is 2. The van der Waals surface area contributed by atoms with Crippen molar-refractivity contribution in [3.8, 4) is 0 Å². The Morgan fingerprint density at radius 2 is 0.500 bits per heavy atom. The minimum atomic E-state index is -4.42. The smallest absolute Gasteiger partial charge is 0.379 e. The Labute approximate surface area is 624 Å². The molecule has 0 rings (SSSR count). The average Bonchev–Trinajstić information content (AvgIpc) is 1.05. The number of amides is 2. The first kappa shape index (κ1) is 99.7. The minimum Gasteiger partial charge on any atom is -0.379 e. The van der Waals surface area contributed by atoms with Gasteiger partial charge in [0.1, 0.15) is 12.2 Å². The number of ether oxygens (including phenoxy) is 4. The predicted octanol–water partition coefficient (Wildman–Crippen LogP) is 24.4. The zero-order valence-corrected chi connectivity index (χ0v) is 69.0. The quantitative estimate of drug-likeness (QED) is 0.0254. The van der Waals surface area contributed by atoms with Gasteiger partial charge in [0.15, 0.2) is 0 Å². The van der Waals surface area contributed by atoms with Gasteiger partial charge >= 0.3 is 15.6 Å². The first-order valence-electron chi connectivity index (χ1n) is 42.4. The van der Waals surface area contributed by atoms with E-state index >= 15 is 0 Å². The summed E-state index contributed by atoms with van der Waals surface area (Å²) >= 11 is 0. The SMILES string of the molecule is CCCCCCCCCCCCCCCCOCC(COP(=O)(O)OCCNC(=O)CCSSCCC(=O)NCCOP(=O)(O)OCC(COCCCCCCCCCCCCCCCC)OCCCCCCCCCCCCCCCC)OCCCCCCCCCCCCCCCC. The number of carbonyl (C=O) groups excluding carboxylic acids is 2. The third-order valence-electron chi connectivity index (χ3n) is 18.7. The molecule has 0 spiro atoms. The van der Waals surface area contributed by atoms with E-state index in [1.54, 1.807) is 0 Å². The second-order valence-corrected chi connectivity index (χ2v) is 34.2. The highest BCUT2D eigenvalue weighted by Crippen LogP contribution is 2.44. The molecule has 100 heavy (non-hydrogen) atoms.